The molecule has 0 aliphatic rings. The molecule has 0 spiro atoms. The highest BCUT2D eigenvalue weighted by Crippen LogP contribution is 2.33. The van der Waals surface area contributed by atoms with E-state index >= 15 is 0 Å². The summed E-state index contributed by atoms with van der Waals surface area (Å²) in [7, 11) is 7.69. The molecule has 0 rings (SSSR count). The molecule has 0 aliphatic heterocycles. The van der Waals surface area contributed by atoms with E-state index in [4.69, 9.17) is 12.6 Å². The zero-order chi connectivity index (χ0) is 16.7. The predicted octanol–water partition coefficient (Wildman–Crippen LogP) is 3.67. The van der Waals surface area contributed by atoms with E-state index < -0.39 is 0 Å². The highest BCUT2D eigenvalue weighted by Gasteiger charge is 2.29. The molecule has 4 heteroatoms. The highest BCUT2D eigenvalue weighted by molar-refractivity contribution is 6.12. The largest absolute Gasteiger partial charge is 0.469 e. The summed E-state index contributed by atoms with van der Waals surface area (Å²) in [5, 5.41) is 0. The number of carbonyl (C=O) groups is 2. The lowest BCUT2D eigenvalue weighted by molar-refractivity contribution is -0.147. The van der Waals surface area contributed by atoms with E-state index in [9.17, 15) is 9.59 Å². The number of ether oxygens (including phenoxy) is 1. The van der Waals surface area contributed by atoms with Crippen molar-refractivity contribution in [3.8, 4) is 0 Å². The zero-order valence-electron chi connectivity index (χ0n) is 14.7. The Hall–Kier alpha value is -0.795. The fraction of sp³-hybridized carbons (Fsp3) is 0.882. The first-order valence-electron chi connectivity index (χ1n) is 7.95. The van der Waals surface area contributed by atoms with E-state index in [0.29, 0.717) is 12.3 Å². The first-order valence-corrected chi connectivity index (χ1v) is 7.95. The highest BCUT2D eigenvalue weighted by atomic mass is 16.5. The van der Waals surface area contributed by atoms with Gasteiger partial charge in [0.15, 0.2) is 0 Å². The van der Waals surface area contributed by atoms with Crippen LogP contribution in [0.5, 0.6) is 0 Å². The number of carbonyl (C=O) groups excluding carboxylic acids is 2. The summed E-state index contributed by atoms with van der Waals surface area (Å²) in [5.74, 6) is 0.508. The normalized spacial score (nSPS) is 17.4. The molecule has 0 fully saturated rings. The zero-order valence-corrected chi connectivity index (χ0v) is 14.7. The molecular formula is C17H31BO3. The van der Waals surface area contributed by atoms with Crippen molar-refractivity contribution >= 4 is 19.6 Å². The van der Waals surface area contributed by atoms with Crippen LogP contribution in [0.25, 0.3) is 0 Å². The summed E-state index contributed by atoms with van der Waals surface area (Å²) in [6.07, 6.45) is 1.38. The van der Waals surface area contributed by atoms with Gasteiger partial charge >= 0.3 is 5.97 Å². The van der Waals surface area contributed by atoms with Crippen LogP contribution < -0.4 is 0 Å². The quantitative estimate of drug-likeness (QED) is 0.481. The number of rotatable bonds is 9. The van der Waals surface area contributed by atoms with Crippen LogP contribution in [-0.4, -0.2) is 26.7 Å². The number of esters is 1. The van der Waals surface area contributed by atoms with Crippen molar-refractivity contribution in [1.29, 1.82) is 0 Å². The van der Waals surface area contributed by atoms with Crippen LogP contribution in [0.4, 0.5) is 0 Å². The summed E-state index contributed by atoms with van der Waals surface area (Å²) in [6, 6.07) is 0. The molecule has 1 unspecified atom stereocenters. The molecule has 0 saturated heterocycles. The molecule has 0 amide bonds. The summed E-state index contributed by atoms with van der Waals surface area (Å²) >= 11 is 0. The van der Waals surface area contributed by atoms with Gasteiger partial charge in [0.1, 0.15) is 5.78 Å². The molecule has 0 saturated carbocycles. The minimum atomic E-state index is -0.195. The Labute approximate surface area is 131 Å². The number of hydrogen-bond acceptors (Lipinski definition) is 3. The second-order valence-corrected chi connectivity index (χ2v) is 6.95. The van der Waals surface area contributed by atoms with Crippen LogP contribution in [0.3, 0.4) is 0 Å². The van der Waals surface area contributed by atoms with Crippen molar-refractivity contribution in [2.24, 2.45) is 29.6 Å². The first-order chi connectivity index (χ1) is 9.61. The maximum absolute atomic E-state index is 11.8. The molecule has 0 bridgehead atoms. The molecule has 120 valence electrons. The molecule has 0 aromatic heterocycles. The van der Waals surface area contributed by atoms with Gasteiger partial charge in [-0.1, -0.05) is 40.4 Å². The minimum Gasteiger partial charge on any atom is -0.469 e. The van der Waals surface area contributed by atoms with Crippen molar-refractivity contribution < 1.29 is 14.3 Å². The van der Waals surface area contributed by atoms with E-state index in [1.165, 1.54) is 7.11 Å². The lowest BCUT2D eigenvalue weighted by Crippen LogP contribution is -2.27. The van der Waals surface area contributed by atoms with Crippen LogP contribution in [0.15, 0.2) is 0 Å². The summed E-state index contributed by atoms with van der Waals surface area (Å²) < 4.78 is 4.86. The molecule has 2 radical (unpaired) electrons. The molecule has 3 nitrogen and oxygen atoms in total. The molecule has 4 atom stereocenters. The molecule has 0 aromatic rings. The Morgan fingerprint density at radius 3 is 1.76 bits per heavy atom. The van der Waals surface area contributed by atoms with E-state index in [2.05, 4.69) is 20.8 Å². The van der Waals surface area contributed by atoms with Crippen LogP contribution >= 0.6 is 0 Å². The van der Waals surface area contributed by atoms with Gasteiger partial charge < -0.3 is 4.74 Å². The van der Waals surface area contributed by atoms with Crippen LogP contribution in [0.1, 0.15) is 54.4 Å². The van der Waals surface area contributed by atoms with Gasteiger partial charge in [-0.25, -0.2) is 0 Å². The Kier molecular flexibility index (Phi) is 8.92. The maximum atomic E-state index is 11.8. The molecule has 0 N–H and O–H groups in total. The molecule has 0 aromatic carbocycles. The van der Waals surface area contributed by atoms with Crippen molar-refractivity contribution in [2.75, 3.05) is 7.11 Å². The first kappa shape index (κ1) is 20.2. The smallest absolute Gasteiger partial charge is 0.308 e. The number of Topliss-reactive ketones (excluding diaryl/α,β-unsaturated/α-hetero) is 1. The van der Waals surface area contributed by atoms with E-state index in [0.717, 1.165) is 6.42 Å². The number of methoxy groups -OCH3 is 1. The average Bonchev–Trinajstić information content (AvgIpc) is 2.39. The van der Waals surface area contributed by atoms with Gasteiger partial charge in [0.05, 0.1) is 20.9 Å². The van der Waals surface area contributed by atoms with Crippen molar-refractivity contribution in [3.05, 3.63) is 0 Å². The van der Waals surface area contributed by atoms with E-state index in [-0.39, 0.29) is 41.2 Å². The fourth-order valence-corrected chi connectivity index (χ4v) is 2.80. The third-order valence-corrected chi connectivity index (χ3v) is 4.52. The monoisotopic (exact) mass is 294 g/mol. The van der Waals surface area contributed by atoms with Gasteiger partial charge in [-0.2, -0.15) is 0 Å². The van der Waals surface area contributed by atoms with Crippen LogP contribution in [0.2, 0.25) is 5.82 Å². The molecular weight excluding hydrogens is 263 g/mol. The third-order valence-electron chi connectivity index (χ3n) is 4.52. The Bertz CT molecular complexity index is 339. The van der Waals surface area contributed by atoms with Crippen LogP contribution in [0, 0.1) is 29.6 Å². The number of hydrogen-bond donors (Lipinski definition) is 0. The summed E-state index contributed by atoms with van der Waals surface area (Å²) in [4.78, 5) is 23.5. The lowest BCUT2D eigenvalue weighted by Gasteiger charge is -2.29. The Balaban J connectivity index is 4.72. The van der Waals surface area contributed by atoms with Crippen molar-refractivity contribution in [1.82, 2.24) is 0 Å². The third kappa shape index (κ3) is 6.67. The van der Waals surface area contributed by atoms with Crippen molar-refractivity contribution in [3.63, 3.8) is 0 Å². The fourth-order valence-electron chi connectivity index (χ4n) is 2.80. The average molecular weight is 294 g/mol. The lowest BCUT2D eigenvalue weighted by atomic mass is 9.67. The second kappa shape index (κ2) is 9.27. The SMILES string of the molecule is [B][C@H](C[C@H](C(=O)OC)C(C)C)[C@@H](C)CC(C(C)=O)C(C)C. The van der Waals surface area contributed by atoms with Crippen molar-refractivity contribution in [2.45, 2.75) is 60.2 Å². The maximum Gasteiger partial charge on any atom is 0.308 e. The van der Waals surface area contributed by atoms with Gasteiger partial charge in [-0.05, 0) is 37.5 Å². The Morgan fingerprint density at radius 2 is 1.43 bits per heavy atom. The van der Waals surface area contributed by atoms with Gasteiger partial charge in [0, 0.05) is 5.92 Å². The summed E-state index contributed by atoms with van der Waals surface area (Å²) in [5.41, 5.74) is 0. The predicted molar refractivity (Wildman–Crippen MR) is 87.3 cm³/mol. The van der Waals surface area contributed by atoms with Gasteiger partial charge in [-0.3, -0.25) is 9.59 Å². The molecule has 21 heavy (non-hydrogen) atoms. The second-order valence-electron chi connectivity index (χ2n) is 6.95. The summed E-state index contributed by atoms with van der Waals surface area (Å²) in [6.45, 7) is 11.9. The standard InChI is InChI=1S/C17H31BO3/c1-10(2)14(13(6)19)8-12(5)16(18)9-15(11(3)4)17(20)21-7/h10-12,14-16H,8-9H2,1-7H3/t12-,14?,15-,16+/m0/s1. The van der Waals surface area contributed by atoms with Gasteiger partial charge in [0.25, 0.3) is 0 Å². The topological polar surface area (TPSA) is 43.4 Å². The van der Waals surface area contributed by atoms with Gasteiger partial charge in [-0.15, -0.1) is 0 Å². The Morgan fingerprint density at radius 1 is 0.952 bits per heavy atom. The number of ketones is 1. The minimum absolute atomic E-state index is 0.0432. The van der Waals surface area contributed by atoms with E-state index in [1.807, 2.05) is 13.8 Å². The van der Waals surface area contributed by atoms with Gasteiger partial charge in [0.2, 0.25) is 0 Å². The molecule has 0 aliphatic carbocycles. The van der Waals surface area contributed by atoms with E-state index in [1.54, 1.807) is 6.92 Å². The van der Waals surface area contributed by atoms with Crippen LogP contribution in [-0.2, 0) is 14.3 Å². The molecule has 0 heterocycles.